The maximum absolute atomic E-state index is 5.45. The third-order valence-electron chi connectivity index (χ3n) is 2.23. The summed E-state index contributed by atoms with van der Waals surface area (Å²) in [4.78, 5) is 2.24. The van der Waals surface area contributed by atoms with E-state index in [9.17, 15) is 0 Å². The molecule has 0 saturated heterocycles. The van der Waals surface area contributed by atoms with Crippen LogP contribution in [0.25, 0.3) is 0 Å². The Kier molecular flexibility index (Phi) is 4.47. The van der Waals surface area contributed by atoms with Crippen LogP contribution in [0.2, 0.25) is 0 Å². The molecule has 0 saturated carbocycles. The standard InChI is InChI=1S/C10H13NO.C2H6/c1-11-6-7-12-8-9-4-2-3-5-10(9)11;1-2/h2-5H,6-8H2,1H3;1-2H3. The molecule has 0 N–H and O–H groups in total. The molecule has 0 aromatic heterocycles. The number of hydrogen-bond donors (Lipinski definition) is 0. The van der Waals surface area contributed by atoms with Crippen LogP contribution in [-0.4, -0.2) is 20.2 Å². The average Bonchev–Trinajstić information content (AvgIpc) is 2.45. The van der Waals surface area contributed by atoms with Gasteiger partial charge in [-0.05, 0) is 6.07 Å². The van der Waals surface area contributed by atoms with Crippen LogP contribution >= 0.6 is 0 Å². The molecule has 14 heavy (non-hydrogen) atoms. The second-order valence-corrected chi connectivity index (χ2v) is 3.10. The Morgan fingerprint density at radius 3 is 2.71 bits per heavy atom. The molecular weight excluding hydrogens is 174 g/mol. The molecule has 1 aliphatic heterocycles. The quantitative estimate of drug-likeness (QED) is 0.628. The summed E-state index contributed by atoms with van der Waals surface area (Å²) in [7, 11) is 2.10. The van der Waals surface area contributed by atoms with Gasteiger partial charge >= 0.3 is 0 Å². The highest BCUT2D eigenvalue weighted by Crippen LogP contribution is 2.21. The van der Waals surface area contributed by atoms with Crippen molar-refractivity contribution >= 4 is 5.69 Å². The zero-order valence-electron chi connectivity index (χ0n) is 9.29. The summed E-state index contributed by atoms with van der Waals surface area (Å²) >= 11 is 0. The molecule has 0 radical (unpaired) electrons. The van der Waals surface area contributed by atoms with Crippen LogP contribution in [-0.2, 0) is 11.3 Å². The molecule has 0 aliphatic carbocycles. The van der Waals surface area contributed by atoms with E-state index in [1.807, 2.05) is 13.8 Å². The van der Waals surface area contributed by atoms with Crippen LogP contribution in [0.15, 0.2) is 24.3 Å². The van der Waals surface area contributed by atoms with Gasteiger partial charge in [0.15, 0.2) is 0 Å². The molecule has 1 aliphatic rings. The van der Waals surface area contributed by atoms with Crippen LogP contribution in [0.5, 0.6) is 0 Å². The van der Waals surface area contributed by atoms with Gasteiger partial charge in [-0.15, -0.1) is 0 Å². The second kappa shape index (κ2) is 5.66. The lowest BCUT2D eigenvalue weighted by Gasteiger charge is -2.17. The van der Waals surface area contributed by atoms with Crippen LogP contribution < -0.4 is 4.90 Å². The van der Waals surface area contributed by atoms with E-state index in [1.54, 1.807) is 0 Å². The molecule has 0 unspecified atom stereocenters. The minimum absolute atomic E-state index is 0.751. The number of anilines is 1. The summed E-state index contributed by atoms with van der Waals surface area (Å²) in [6.07, 6.45) is 0. The van der Waals surface area contributed by atoms with Gasteiger partial charge in [0.1, 0.15) is 0 Å². The Bertz CT molecular complexity index is 273. The molecule has 1 heterocycles. The Morgan fingerprint density at radius 1 is 1.21 bits per heavy atom. The fourth-order valence-corrected chi connectivity index (χ4v) is 1.51. The second-order valence-electron chi connectivity index (χ2n) is 3.10. The van der Waals surface area contributed by atoms with Gasteiger partial charge in [0.05, 0.1) is 13.2 Å². The van der Waals surface area contributed by atoms with Crippen molar-refractivity contribution in [3.63, 3.8) is 0 Å². The maximum Gasteiger partial charge on any atom is 0.0737 e. The third-order valence-corrected chi connectivity index (χ3v) is 2.23. The first-order valence-electron chi connectivity index (χ1n) is 5.25. The fourth-order valence-electron chi connectivity index (χ4n) is 1.51. The summed E-state index contributed by atoms with van der Waals surface area (Å²) < 4.78 is 5.45. The Hall–Kier alpha value is -1.02. The van der Waals surface area contributed by atoms with Crippen molar-refractivity contribution in [2.45, 2.75) is 20.5 Å². The number of ether oxygens (including phenoxy) is 1. The van der Waals surface area contributed by atoms with Gasteiger partial charge in [-0.25, -0.2) is 0 Å². The summed E-state index contributed by atoms with van der Waals surface area (Å²) in [5.41, 5.74) is 2.59. The predicted molar refractivity (Wildman–Crippen MR) is 60.7 cm³/mol. The van der Waals surface area contributed by atoms with Crippen molar-refractivity contribution in [3.05, 3.63) is 29.8 Å². The molecular formula is C12H19NO. The summed E-state index contributed by atoms with van der Waals surface area (Å²) in [6, 6.07) is 8.39. The zero-order valence-corrected chi connectivity index (χ0v) is 9.29. The minimum Gasteiger partial charge on any atom is -0.375 e. The monoisotopic (exact) mass is 193 g/mol. The van der Waals surface area contributed by atoms with E-state index >= 15 is 0 Å². The van der Waals surface area contributed by atoms with E-state index < -0.39 is 0 Å². The number of likely N-dealkylation sites (N-methyl/N-ethyl adjacent to an activating group) is 1. The van der Waals surface area contributed by atoms with E-state index in [2.05, 4.69) is 36.2 Å². The van der Waals surface area contributed by atoms with Crippen molar-refractivity contribution in [1.29, 1.82) is 0 Å². The van der Waals surface area contributed by atoms with Crippen molar-refractivity contribution in [3.8, 4) is 0 Å². The normalized spacial score (nSPS) is 14.9. The van der Waals surface area contributed by atoms with Crippen molar-refractivity contribution in [2.24, 2.45) is 0 Å². The molecule has 2 rings (SSSR count). The summed E-state index contributed by atoms with van der Waals surface area (Å²) in [5, 5.41) is 0. The molecule has 0 amide bonds. The minimum atomic E-state index is 0.751. The highest BCUT2D eigenvalue weighted by Gasteiger charge is 2.10. The van der Waals surface area contributed by atoms with E-state index in [0.717, 1.165) is 19.8 Å². The topological polar surface area (TPSA) is 12.5 Å². The van der Waals surface area contributed by atoms with Gasteiger partial charge in [0.2, 0.25) is 0 Å². The molecule has 2 heteroatoms. The van der Waals surface area contributed by atoms with Crippen LogP contribution in [0.4, 0.5) is 5.69 Å². The van der Waals surface area contributed by atoms with Crippen LogP contribution in [0, 0.1) is 0 Å². The zero-order chi connectivity index (χ0) is 10.4. The number of fused-ring (bicyclic) bond motifs is 1. The van der Waals surface area contributed by atoms with Crippen LogP contribution in [0.3, 0.4) is 0 Å². The smallest absolute Gasteiger partial charge is 0.0737 e. The Labute approximate surface area is 86.5 Å². The predicted octanol–water partition coefficient (Wildman–Crippen LogP) is 2.68. The molecule has 0 atom stereocenters. The van der Waals surface area contributed by atoms with Gasteiger partial charge in [-0.3, -0.25) is 0 Å². The van der Waals surface area contributed by atoms with E-state index in [4.69, 9.17) is 4.74 Å². The number of hydrogen-bond acceptors (Lipinski definition) is 2. The first-order chi connectivity index (χ1) is 6.88. The molecule has 0 spiro atoms. The molecule has 0 fully saturated rings. The number of nitrogens with zero attached hydrogens (tertiary/aromatic N) is 1. The van der Waals surface area contributed by atoms with Crippen molar-refractivity contribution in [1.82, 2.24) is 0 Å². The average molecular weight is 193 g/mol. The lowest BCUT2D eigenvalue weighted by atomic mass is 10.2. The van der Waals surface area contributed by atoms with Gasteiger partial charge < -0.3 is 9.64 Å². The van der Waals surface area contributed by atoms with E-state index in [0.29, 0.717) is 0 Å². The van der Waals surface area contributed by atoms with E-state index in [1.165, 1.54) is 11.3 Å². The lowest BCUT2D eigenvalue weighted by Crippen LogP contribution is -2.20. The Balaban J connectivity index is 0.000000461. The first kappa shape index (κ1) is 11.1. The molecule has 2 nitrogen and oxygen atoms in total. The maximum atomic E-state index is 5.45. The number of para-hydroxylation sites is 1. The molecule has 0 bridgehead atoms. The summed E-state index contributed by atoms with van der Waals surface area (Å²) in [5.74, 6) is 0. The first-order valence-corrected chi connectivity index (χ1v) is 5.25. The fraction of sp³-hybridized carbons (Fsp3) is 0.500. The van der Waals surface area contributed by atoms with Crippen molar-refractivity contribution in [2.75, 3.05) is 25.1 Å². The third kappa shape index (κ3) is 2.48. The highest BCUT2D eigenvalue weighted by atomic mass is 16.5. The van der Waals surface area contributed by atoms with Gasteiger partial charge in [0.25, 0.3) is 0 Å². The molecule has 1 aromatic rings. The summed E-state index contributed by atoms with van der Waals surface area (Å²) in [6.45, 7) is 6.56. The Morgan fingerprint density at radius 2 is 1.93 bits per heavy atom. The molecule has 1 aromatic carbocycles. The van der Waals surface area contributed by atoms with Gasteiger partial charge in [-0.2, -0.15) is 0 Å². The highest BCUT2D eigenvalue weighted by molar-refractivity contribution is 5.53. The van der Waals surface area contributed by atoms with Gasteiger partial charge in [-0.1, -0.05) is 32.0 Å². The molecule has 78 valence electrons. The van der Waals surface area contributed by atoms with Crippen LogP contribution in [0.1, 0.15) is 19.4 Å². The van der Waals surface area contributed by atoms with Gasteiger partial charge in [0, 0.05) is 24.8 Å². The number of benzene rings is 1. The number of rotatable bonds is 0. The van der Waals surface area contributed by atoms with E-state index in [-0.39, 0.29) is 0 Å². The SMILES string of the molecule is CC.CN1CCOCc2ccccc21. The largest absolute Gasteiger partial charge is 0.375 e. The lowest BCUT2D eigenvalue weighted by molar-refractivity contribution is 0.133. The van der Waals surface area contributed by atoms with Crippen molar-refractivity contribution < 1.29 is 4.74 Å².